The van der Waals surface area contributed by atoms with E-state index in [1.54, 1.807) is 0 Å². The van der Waals surface area contributed by atoms with Crippen molar-refractivity contribution in [3.05, 3.63) is 33.3 Å². The number of nitrogens with one attached hydrogen (secondary N) is 1. The Kier molecular flexibility index (Phi) is 7.70. The van der Waals surface area contributed by atoms with Crippen LogP contribution < -0.4 is 5.32 Å². The molecular formula is C17H28BrN. The highest BCUT2D eigenvalue weighted by atomic mass is 79.9. The van der Waals surface area contributed by atoms with Gasteiger partial charge in [0.2, 0.25) is 0 Å². The Morgan fingerprint density at radius 2 is 1.74 bits per heavy atom. The minimum atomic E-state index is 0.494. The molecule has 1 N–H and O–H groups in total. The van der Waals surface area contributed by atoms with Crippen molar-refractivity contribution in [3.63, 3.8) is 0 Å². The first-order valence-electron chi connectivity index (χ1n) is 7.54. The van der Waals surface area contributed by atoms with E-state index in [4.69, 9.17) is 0 Å². The highest BCUT2D eigenvalue weighted by molar-refractivity contribution is 9.10. The number of aryl methyl sites for hydroxylation is 2. The summed E-state index contributed by atoms with van der Waals surface area (Å²) in [7, 11) is 2.08. The summed E-state index contributed by atoms with van der Waals surface area (Å²) in [5.41, 5.74) is 4.16. The summed E-state index contributed by atoms with van der Waals surface area (Å²) in [5.74, 6) is 0. The molecule has 1 nitrogen and oxygen atoms in total. The van der Waals surface area contributed by atoms with Crippen molar-refractivity contribution in [3.8, 4) is 0 Å². The van der Waals surface area contributed by atoms with Gasteiger partial charge in [-0.25, -0.2) is 0 Å². The van der Waals surface area contributed by atoms with Gasteiger partial charge in [0.25, 0.3) is 0 Å². The lowest BCUT2D eigenvalue weighted by Gasteiger charge is -2.20. The SMILES string of the molecule is CCCCCCCC(NC)c1cc(C)c(Br)cc1C. The van der Waals surface area contributed by atoms with E-state index >= 15 is 0 Å². The van der Waals surface area contributed by atoms with Crippen LogP contribution in [-0.2, 0) is 0 Å². The second-order valence-electron chi connectivity index (χ2n) is 5.50. The Balaban J connectivity index is 2.61. The third kappa shape index (κ3) is 5.27. The number of rotatable bonds is 8. The Hall–Kier alpha value is -0.340. The molecule has 0 amide bonds. The predicted molar refractivity (Wildman–Crippen MR) is 88.8 cm³/mol. The van der Waals surface area contributed by atoms with Crippen LogP contribution in [0.15, 0.2) is 16.6 Å². The zero-order valence-corrected chi connectivity index (χ0v) is 14.4. The molecule has 0 saturated heterocycles. The molecule has 0 radical (unpaired) electrons. The molecular weight excluding hydrogens is 298 g/mol. The lowest BCUT2D eigenvalue weighted by molar-refractivity contribution is 0.499. The van der Waals surface area contributed by atoms with Gasteiger partial charge in [-0.15, -0.1) is 0 Å². The van der Waals surface area contributed by atoms with Crippen LogP contribution in [0, 0.1) is 13.8 Å². The van der Waals surface area contributed by atoms with Gasteiger partial charge < -0.3 is 5.32 Å². The molecule has 19 heavy (non-hydrogen) atoms. The number of hydrogen-bond acceptors (Lipinski definition) is 1. The Morgan fingerprint density at radius 1 is 1.05 bits per heavy atom. The van der Waals surface area contributed by atoms with Crippen molar-refractivity contribution >= 4 is 15.9 Å². The van der Waals surface area contributed by atoms with Gasteiger partial charge in [0, 0.05) is 10.5 Å². The van der Waals surface area contributed by atoms with Crippen molar-refractivity contribution in [1.82, 2.24) is 5.32 Å². The normalized spacial score (nSPS) is 12.7. The fourth-order valence-electron chi connectivity index (χ4n) is 2.59. The van der Waals surface area contributed by atoms with E-state index in [0.717, 1.165) is 0 Å². The molecule has 0 heterocycles. The van der Waals surface area contributed by atoms with E-state index in [9.17, 15) is 0 Å². The highest BCUT2D eigenvalue weighted by Crippen LogP contribution is 2.28. The minimum absolute atomic E-state index is 0.494. The number of halogens is 1. The van der Waals surface area contributed by atoms with Crippen molar-refractivity contribution in [2.75, 3.05) is 7.05 Å². The van der Waals surface area contributed by atoms with Crippen LogP contribution in [0.5, 0.6) is 0 Å². The van der Waals surface area contributed by atoms with Gasteiger partial charge >= 0.3 is 0 Å². The molecule has 1 atom stereocenters. The second-order valence-corrected chi connectivity index (χ2v) is 6.36. The van der Waals surface area contributed by atoms with Gasteiger partial charge in [0.15, 0.2) is 0 Å². The molecule has 1 rings (SSSR count). The minimum Gasteiger partial charge on any atom is -0.313 e. The number of hydrogen-bond donors (Lipinski definition) is 1. The van der Waals surface area contributed by atoms with Crippen molar-refractivity contribution in [1.29, 1.82) is 0 Å². The Bertz CT molecular complexity index is 387. The standard InChI is InChI=1S/C17H28BrN/c1-5-6-7-8-9-10-17(19-4)15-11-14(3)16(18)12-13(15)2/h11-12,17,19H,5-10H2,1-4H3. The molecule has 0 aliphatic rings. The molecule has 0 saturated carbocycles. The lowest BCUT2D eigenvalue weighted by Crippen LogP contribution is -2.17. The first kappa shape index (κ1) is 16.7. The molecule has 0 spiro atoms. The van der Waals surface area contributed by atoms with Crippen LogP contribution in [0.3, 0.4) is 0 Å². The average molecular weight is 326 g/mol. The Labute approximate surface area is 127 Å². The fraction of sp³-hybridized carbons (Fsp3) is 0.647. The van der Waals surface area contributed by atoms with Crippen LogP contribution in [0.4, 0.5) is 0 Å². The lowest BCUT2D eigenvalue weighted by atomic mass is 9.95. The molecule has 0 fully saturated rings. The van der Waals surface area contributed by atoms with Crippen LogP contribution in [-0.4, -0.2) is 7.05 Å². The quantitative estimate of drug-likeness (QED) is 0.605. The first-order valence-corrected chi connectivity index (χ1v) is 8.33. The summed E-state index contributed by atoms with van der Waals surface area (Å²) in [6.07, 6.45) is 8.00. The summed E-state index contributed by atoms with van der Waals surface area (Å²) < 4.78 is 1.21. The molecule has 0 bridgehead atoms. The zero-order valence-electron chi connectivity index (χ0n) is 12.9. The highest BCUT2D eigenvalue weighted by Gasteiger charge is 2.12. The zero-order chi connectivity index (χ0) is 14.3. The summed E-state index contributed by atoms with van der Waals surface area (Å²) in [6, 6.07) is 5.06. The number of benzene rings is 1. The van der Waals surface area contributed by atoms with Gasteiger partial charge in [0.1, 0.15) is 0 Å². The van der Waals surface area contributed by atoms with Crippen molar-refractivity contribution in [2.45, 2.75) is 65.3 Å². The van der Waals surface area contributed by atoms with Gasteiger partial charge in [-0.3, -0.25) is 0 Å². The van der Waals surface area contributed by atoms with Gasteiger partial charge in [-0.05, 0) is 50.1 Å². The Morgan fingerprint density at radius 3 is 2.37 bits per heavy atom. The summed E-state index contributed by atoms with van der Waals surface area (Å²) >= 11 is 3.61. The van der Waals surface area contributed by atoms with Crippen LogP contribution in [0.25, 0.3) is 0 Å². The molecule has 0 aliphatic heterocycles. The van der Waals surface area contributed by atoms with Crippen LogP contribution >= 0.6 is 15.9 Å². The van der Waals surface area contributed by atoms with Gasteiger partial charge in [-0.2, -0.15) is 0 Å². The summed E-state index contributed by atoms with van der Waals surface area (Å²) in [4.78, 5) is 0. The maximum Gasteiger partial charge on any atom is 0.0320 e. The predicted octanol–water partition coefficient (Wildman–Crippen LogP) is 5.69. The van der Waals surface area contributed by atoms with Crippen molar-refractivity contribution in [2.24, 2.45) is 0 Å². The maximum atomic E-state index is 3.61. The topological polar surface area (TPSA) is 12.0 Å². The molecule has 0 aliphatic carbocycles. The summed E-state index contributed by atoms with van der Waals surface area (Å²) in [5, 5.41) is 3.48. The van der Waals surface area contributed by atoms with Crippen LogP contribution in [0.2, 0.25) is 0 Å². The average Bonchev–Trinajstić information content (AvgIpc) is 2.39. The molecule has 108 valence electrons. The van der Waals surface area contributed by atoms with Gasteiger partial charge in [0.05, 0.1) is 0 Å². The third-order valence-electron chi connectivity index (χ3n) is 3.87. The largest absolute Gasteiger partial charge is 0.313 e. The third-order valence-corrected chi connectivity index (χ3v) is 4.72. The fourth-order valence-corrected chi connectivity index (χ4v) is 3.04. The maximum absolute atomic E-state index is 3.61. The molecule has 1 unspecified atom stereocenters. The molecule has 0 aromatic heterocycles. The van der Waals surface area contributed by atoms with Crippen LogP contribution in [0.1, 0.15) is 68.2 Å². The van der Waals surface area contributed by atoms with E-state index in [1.807, 2.05) is 0 Å². The van der Waals surface area contributed by atoms with Crippen molar-refractivity contribution < 1.29 is 0 Å². The molecule has 1 aromatic rings. The monoisotopic (exact) mass is 325 g/mol. The van der Waals surface area contributed by atoms with E-state index in [2.05, 4.69) is 61.2 Å². The van der Waals surface area contributed by atoms with E-state index in [-0.39, 0.29) is 0 Å². The second kappa shape index (κ2) is 8.76. The van der Waals surface area contributed by atoms with E-state index < -0.39 is 0 Å². The van der Waals surface area contributed by atoms with E-state index in [1.165, 1.54) is 59.7 Å². The summed E-state index contributed by atoms with van der Waals surface area (Å²) in [6.45, 7) is 6.65. The molecule has 2 heteroatoms. The smallest absolute Gasteiger partial charge is 0.0320 e. The molecule has 1 aromatic carbocycles. The van der Waals surface area contributed by atoms with Gasteiger partial charge in [-0.1, -0.05) is 61.0 Å². The number of unbranched alkanes of at least 4 members (excludes halogenated alkanes) is 4. The first-order chi connectivity index (χ1) is 9.10. The van der Waals surface area contributed by atoms with E-state index in [0.29, 0.717) is 6.04 Å².